The van der Waals surface area contributed by atoms with Gasteiger partial charge in [-0.25, -0.2) is 0 Å². The van der Waals surface area contributed by atoms with E-state index in [0.29, 0.717) is 13.2 Å². The van der Waals surface area contributed by atoms with Gasteiger partial charge in [0.25, 0.3) is 0 Å². The largest absolute Gasteiger partial charge is 0.488 e. The third kappa shape index (κ3) is 5.17. The van der Waals surface area contributed by atoms with Crippen molar-refractivity contribution >= 4 is 5.91 Å². The van der Waals surface area contributed by atoms with Crippen LogP contribution in [-0.4, -0.2) is 40.2 Å². The molecule has 4 rings (SSSR count). The van der Waals surface area contributed by atoms with E-state index in [-0.39, 0.29) is 12.5 Å². The van der Waals surface area contributed by atoms with Crippen LogP contribution in [0.2, 0.25) is 0 Å². The standard InChI is InChI=1S/C24H30N4O3/c1-3-4-10-27(15-20-6-5-12-30-20)11-9-25-23(29)16-28-24-19(14-26-28)17-31-22-8-7-18(2)13-21(22)24/h5-8,12-14H,3-4,9-11,15-17H2,1-2H3,(H,25,29). The Morgan fingerprint density at radius 1 is 1.29 bits per heavy atom. The summed E-state index contributed by atoms with van der Waals surface area (Å²) < 4.78 is 13.1. The smallest absolute Gasteiger partial charge is 0.241 e. The van der Waals surface area contributed by atoms with E-state index in [0.717, 1.165) is 66.4 Å². The molecule has 7 nitrogen and oxygen atoms in total. The van der Waals surface area contributed by atoms with E-state index < -0.39 is 0 Å². The van der Waals surface area contributed by atoms with Gasteiger partial charge in [0.1, 0.15) is 24.7 Å². The van der Waals surface area contributed by atoms with Crippen LogP contribution in [0.15, 0.2) is 47.2 Å². The number of furan rings is 1. The van der Waals surface area contributed by atoms with Crippen LogP contribution in [0.25, 0.3) is 11.3 Å². The SMILES string of the molecule is CCCCN(CCNC(=O)Cn1ncc2c1-c1cc(C)ccc1OC2)Cc1ccco1. The van der Waals surface area contributed by atoms with Crippen LogP contribution < -0.4 is 10.1 Å². The molecule has 31 heavy (non-hydrogen) atoms. The van der Waals surface area contributed by atoms with E-state index >= 15 is 0 Å². The predicted molar refractivity (Wildman–Crippen MR) is 119 cm³/mol. The van der Waals surface area contributed by atoms with Crippen molar-refractivity contribution in [3.05, 3.63) is 59.7 Å². The van der Waals surface area contributed by atoms with Gasteiger partial charge in [-0.3, -0.25) is 14.4 Å². The lowest BCUT2D eigenvalue weighted by atomic mass is 10.0. The van der Waals surface area contributed by atoms with Gasteiger partial charge in [0, 0.05) is 24.2 Å². The third-order valence-electron chi connectivity index (χ3n) is 5.52. The number of nitrogens with zero attached hydrogens (tertiary/aromatic N) is 3. The molecule has 1 aliphatic rings. The summed E-state index contributed by atoms with van der Waals surface area (Å²) in [6.07, 6.45) is 5.75. The Bertz CT molecular complexity index is 1010. The number of benzene rings is 1. The Balaban J connectivity index is 1.35. The van der Waals surface area contributed by atoms with Crippen molar-refractivity contribution in [3.8, 4) is 17.0 Å². The molecule has 0 radical (unpaired) electrons. The zero-order valence-corrected chi connectivity index (χ0v) is 18.3. The lowest BCUT2D eigenvalue weighted by Crippen LogP contribution is -2.36. The topological polar surface area (TPSA) is 72.5 Å². The summed E-state index contributed by atoms with van der Waals surface area (Å²) in [7, 11) is 0. The third-order valence-corrected chi connectivity index (χ3v) is 5.52. The van der Waals surface area contributed by atoms with E-state index in [1.807, 2.05) is 24.3 Å². The van der Waals surface area contributed by atoms with Gasteiger partial charge in [-0.15, -0.1) is 0 Å². The highest BCUT2D eigenvalue weighted by atomic mass is 16.5. The van der Waals surface area contributed by atoms with Gasteiger partial charge >= 0.3 is 0 Å². The Hall–Kier alpha value is -3.06. The minimum Gasteiger partial charge on any atom is -0.488 e. The Labute approximate surface area is 183 Å². The second-order valence-electron chi connectivity index (χ2n) is 8.02. The van der Waals surface area contributed by atoms with Gasteiger partial charge in [-0.05, 0) is 44.2 Å². The predicted octanol–water partition coefficient (Wildman–Crippen LogP) is 3.76. The van der Waals surface area contributed by atoms with Gasteiger partial charge in [-0.2, -0.15) is 5.10 Å². The van der Waals surface area contributed by atoms with Crippen LogP contribution in [0.5, 0.6) is 5.75 Å². The van der Waals surface area contributed by atoms with Gasteiger partial charge in [0.2, 0.25) is 5.91 Å². The minimum absolute atomic E-state index is 0.0416. The Kier molecular flexibility index (Phi) is 6.72. The van der Waals surface area contributed by atoms with Gasteiger partial charge < -0.3 is 14.5 Å². The van der Waals surface area contributed by atoms with Crippen molar-refractivity contribution < 1.29 is 13.9 Å². The normalized spacial score (nSPS) is 12.4. The highest BCUT2D eigenvalue weighted by molar-refractivity contribution is 5.78. The van der Waals surface area contributed by atoms with E-state index in [2.05, 4.69) is 35.2 Å². The maximum absolute atomic E-state index is 12.6. The van der Waals surface area contributed by atoms with Gasteiger partial charge in [0.15, 0.2) is 0 Å². The zero-order valence-electron chi connectivity index (χ0n) is 18.3. The van der Waals surface area contributed by atoms with Crippen molar-refractivity contribution in [2.45, 2.75) is 46.4 Å². The molecule has 0 aliphatic carbocycles. The molecule has 1 aliphatic heterocycles. The van der Waals surface area contributed by atoms with Crippen molar-refractivity contribution in [2.75, 3.05) is 19.6 Å². The number of hydrogen-bond acceptors (Lipinski definition) is 5. The fourth-order valence-electron chi connectivity index (χ4n) is 3.89. The summed E-state index contributed by atoms with van der Waals surface area (Å²) in [6.45, 7) is 8.01. The molecule has 1 amide bonds. The first-order chi connectivity index (χ1) is 15.1. The summed E-state index contributed by atoms with van der Waals surface area (Å²) >= 11 is 0. The molecule has 3 aromatic rings. The van der Waals surface area contributed by atoms with Crippen LogP contribution >= 0.6 is 0 Å². The summed E-state index contributed by atoms with van der Waals surface area (Å²) in [4.78, 5) is 15.0. The summed E-state index contributed by atoms with van der Waals surface area (Å²) in [5.41, 5.74) is 4.13. The molecule has 0 bridgehead atoms. The molecule has 0 saturated carbocycles. The number of carbonyl (C=O) groups excluding carboxylic acids is 1. The summed E-state index contributed by atoms with van der Waals surface area (Å²) in [6, 6.07) is 10.00. The molecular formula is C24H30N4O3. The monoisotopic (exact) mass is 422 g/mol. The molecule has 7 heteroatoms. The van der Waals surface area contributed by atoms with Crippen LogP contribution in [0.4, 0.5) is 0 Å². The number of unbranched alkanes of at least 4 members (excludes halogenated alkanes) is 1. The average molecular weight is 423 g/mol. The molecule has 1 aromatic carbocycles. The lowest BCUT2D eigenvalue weighted by molar-refractivity contribution is -0.121. The minimum atomic E-state index is -0.0416. The number of aryl methyl sites for hydroxylation is 1. The van der Waals surface area contributed by atoms with Crippen molar-refractivity contribution in [1.29, 1.82) is 0 Å². The fraction of sp³-hybridized carbons (Fsp3) is 0.417. The maximum Gasteiger partial charge on any atom is 0.241 e. The molecule has 0 unspecified atom stereocenters. The number of rotatable bonds is 10. The molecule has 0 spiro atoms. The molecule has 0 fully saturated rings. The van der Waals surface area contributed by atoms with Crippen molar-refractivity contribution in [1.82, 2.24) is 20.0 Å². The number of ether oxygens (including phenoxy) is 1. The molecule has 0 atom stereocenters. The highest BCUT2D eigenvalue weighted by Crippen LogP contribution is 2.37. The second kappa shape index (κ2) is 9.83. The van der Waals surface area contributed by atoms with Crippen molar-refractivity contribution in [3.63, 3.8) is 0 Å². The molecule has 1 N–H and O–H groups in total. The fourth-order valence-corrected chi connectivity index (χ4v) is 3.89. The average Bonchev–Trinajstić information content (AvgIpc) is 3.42. The number of hydrogen-bond donors (Lipinski definition) is 1. The van der Waals surface area contributed by atoms with Crippen LogP contribution in [0.3, 0.4) is 0 Å². The number of amides is 1. The molecule has 0 saturated heterocycles. The number of aromatic nitrogens is 2. The highest BCUT2D eigenvalue weighted by Gasteiger charge is 2.23. The summed E-state index contributed by atoms with van der Waals surface area (Å²) in [5, 5.41) is 7.50. The first-order valence-corrected chi connectivity index (χ1v) is 10.9. The lowest BCUT2D eigenvalue weighted by Gasteiger charge is -2.21. The molecule has 3 heterocycles. The van der Waals surface area contributed by atoms with Crippen LogP contribution in [0.1, 0.15) is 36.7 Å². The van der Waals surface area contributed by atoms with Gasteiger partial charge in [-0.1, -0.05) is 25.0 Å². The first kappa shape index (κ1) is 21.2. The van der Waals surface area contributed by atoms with E-state index in [1.165, 1.54) is 0 Å². The maximum atomic E-state index is 12.6. The first-order valence-electron chi connectivity index (χ1n) is 10.9. The van der Waals surface area contributed by atoms with E-state index in [4.69, 9.17) is 9.15 Å². The molecule has 164 valence electrons. The molecular weight excluding hydrogens is 392 g/mol. The second-order valence-corrected chi connectivity index (χ2v) is 8.02. The molecule has 2 aromatic heterocycles. The van der Waals surface area contributed by atoms with Crippen LogP contribution in [0, 0.1) is 6.92 Å². The number of carbonyl (C=O) groups is 1. The van der Waals surface area contributed by atoms with E-state index in [9.17, 15) is 4.79 Å². The number of nitrogens with one attached hydrogen (secondary N) is 1. The van der Waals surface area contributed by atoms with E-state index in [1.54, 1.807) is 17.1 Å². The quantitative estimate of drug-likeness (QED) is 0.539. The Morgan fingerprint density at radius 2 is 2.19 bits per heavy atom. The van der Waals surface area contributed by atoms with Gasteiger partial charge in [0.05, 0.1) is 24.7 Å². The number of fused-ring (bicyclic) bond motifs is 3. The summed E-state index contributed by atoms with van der Waals surface area (Å²) in [5.74, 6) is 1.74. The van der Waals surface area contributed by atoms with Crippen LogP contribution in [-0.2, 0) is 24.5 Å². The van der Waals surface area contributed by atoms with Crippen molar-refractivity contribution in [2.24, 2.45) is 0 Å². The zero-order chi connectivity index (χ0) is 21.6. The Morgan fingerprint density at radius 3 is 3.00 bits per heavy atom.